The van der Waals surface area contributed by atoms with Gasteiger partial charge in [-0.25, -0.2) is 0 Å². The van der Waals surface area contributed by atoms with E-state index in [1.54, 1.807) is 0 Å². The molecule has 104 valence electrons. The van der Waals surface area contributed by atoms with Crippen LogP contribution in [0.5, 0.6) is 0 Å². The Morgan fingerprint density at radius 1 is 1.53 bits per heavy atom. The van der Waals surface area contributed by atoms with Gasteiger partial charge in [-0.3, -0.25) is 4.79 Å². The highest BCUT2D eigenvalue weighted by Gasteiger charge is 2.40. The van der Waals surface area contributed by atoms with Crippen molar-refractivity contribution in [3.8, 4) is 0 Å². The van der Waals surface area contributed by atoms with E-state index in [0.29, 0.717) is 13.1 Å². The number of piperazine rings is 1. The molecule has 0 aromatic heterocycles. The van der Waals surface area contributed by atoms with Crippen LogP contribution in [-0.4, -0.2) is 30.6 Å². The number of amides is 1. The molecule has 3 N–H and O–H groups in total. The van der Waals surface area contributed by atoms with E-state index < -0.39 is 0 Å². The Labute approximate surface area is 122 Å². The molecule has 1 aromatic carbocycles. The van der Waals surface area contributed by atoms with Crippen molar-refractivity contribution in [3.05, 3.63) is 28.2 Å². The molecular formula is C14H20BrN3O. The third-order valence-corrected chi connectivity index (χ3v) is 4.47. The summed E-state index contributed by atoms with van der Waals surface area (Å²) in [6.07, 6.45) is 0. The minimum atomic E-state index is -0.321. The van der Waals surface area contributed by atoms with Gasteiger partial charge >= 0.3 is 0 Å². The van der Waals surface area contributed by atoms with Gasteiger partial charge in [0.1, 0.15) is 6.04 Å². The molecule has 0 aliphatic carbocycles. The fourth-order valence-electron chi connectivity index (χ4n) is 2.52. The Morgan fingerprint density at radius 2 is 2.21 bits per heavy atom. The van der Waals surface area contributed by atoms with Gasteiger partial charge in [-0.15, -0.1) is 0 Å². The zero-order chi connectivity index (χ0) is 14.2. The summed E-state index contributed by atoms with van der Waals surface area (Å²) in [5.74, 6) is -0.00137. The van der Waals surface area contributed by atoms with Gasteiger partial charge in [-0.05, 0) is 38.5 Å². The maximum Gasteiger partial charge on any atom is 0.244 e. The second kappa shape index (κ2) is 5.13. The van der Waals surface area contributed by atoms with E-state index in [-0.39, 0.29) is 17.5 Å². The largest absolute Gasteiger partial charge is 0.352 e. The molecule has 19 heavy (non-hydrogen) atoms. The molecule has 1 fully saturated rings. The molecule has 0 saturated carbocycles. The Morgan fingerprint density at radius 3 is 2.79 bits per heavy atom. The lowest BCUT2D eigenvalue weighted by molar-refractivity contribution is -0.124. The summed E-state index contributed by atoms with van der Waals surface area (Å²) in [6.45, 7) is 7.20. The predicted molar refractivity (Wildman–Crippen MR) is 81.3 cm³/mol. The number of anilines is 1. The third kappa shape index (κ3) is 2.62. The lowest BCUT2D eigenvalue weighted by atomic mass is 9.94. The highest BCUT2D eigenvalue weighted by molar-refractivity contribution is 9.10. The van der Waals surface area contributed by atoms with Gasteiger partial charge in [-0.2, -0.15) is 0 Å². The molecular weight excluding hydrogens is 306 g/mol. The molecule has 1 aliphatic rings. The number of rotatable bonds is 2. The molecule has 4 nitrogen and oxygen atoms in total. The topological polar surface area (TPSA) is 58.4 Å². The van der Waals surface area contributed by atoms with Crippen molar-refractivity contribution in [2.24, 2.45) is 5.73 Å². The van der Waals surface area contributed by atoms with Crippen molar-refractivity contribution in [1.29, 1.82) is 0 Å². The molecule has 1 heterocycles. The Kier molecular flexibility index (Phi) is 3.87. The summed E-state index contributed by atoms with van der Waals surface area (Å²) in [5, 5.41) is 2.93. The van der Waals surface area contributed by atoms with E-state index in [9.17, 15) is 4.79 Å². The molecule has 1 aromatic rings. The number of carbonyl (C=O) groups excluding carboxylic acids is 1. The minimum Gasteiger partial charge on any atom is -0.352 e. The Hall–Kier alpha value is -1.07. The lowest BCUT2D eigenvalue weighted by Gasteiger charge is -2.48. The van der Waals surface area contributed by atoms with Gasteiger partial charge in [0, 0.05) is 23.2 Å². The van der Waals surface area contributed by atoms with Crippen LogP contribution in [0.2, 0.25) is 0 Å². The van der Waals surface area contributed by atoms with Crippen molar-refractivity contribution in [2.45, 2.75) is 32.4 Å². The first-order valence-corrected chi connectivity index (χ1v) is 7.19. The average molecular weight is 326 g/mol. The van der Waals surface area contributed by atoms with Gasteiger partial charge in [0.25, 0.3) is 0 Å². The number of halogens is 1. The van der Waals surface area contributed by atoms with E-state index in [4.69, 9.17) is 5.73 Å². The van der Waals surface area contributed by atoms with Crippen molar-refractivity contribution < 1.29 is 4.79 Å². The molecule has 0 radical (unpaired) electrons. The first-order valence-electron chi connectivity index (χ1n) is 6.40. The number of hydrogen-bond donors (Lipinski definition) is 2. The third-order valence-electron chi connectivity index (χ3n) is 3.62. The van der Waals surface area contributed by atoms with E-state index in [1.165, 1.54) is 5.56 Å². The molecule has 1 unspecified atom stereocenters. The smallest absolute Gasteiger partial charge is 0.244 e. The van der Waals surface area contributed by atoms with E-state index in [1.807, 2.05) is 13.0 Å². The number of aryl methyl sites for hydroxylation is 1. The predicted octanol–water partition coefficient (Wildman–Crippen LogP) is 1.80. The van der Waals surface area contributed by atoms with Crippen LogP contribution in [0.4, 0.5) is 5.69 Å². The van der Waals surface area contributed by atoms with Crippen LogP contribution in [0.25, 0.3) is 0 Å². The van der Waals surface area contributed by atoms with Crippen LogP contribution >= 0.6 is 15.9 Å². The van der Waals surface area contributed by atoms with Crippen LogP contribution in [0, 0.1) is 6.92 Å². The average Bonchev–Trinajstić information content (AvgIpc) is 2.35. The summed E-state index contributed by atoms with van der Waals surface area (Å²) in [7, 11) is 0. The maximum absolute atomic E-state index is 12.0. The van der Waals surface area contributed by atoms with Crippen molar-refractivity contribution >= 4 is 27.5 Å². The molecule has 2 rings (SSSR count). The fourth-order valence-corrected chi connectivity index (χ4v) is 2.89. The zero-order valence-electron chi connectivity index (χ0n) is 11.5. The summed E-state index contributed by atoms with van der Waals surface area (Å²) in [4.78, 5) is 14.1. The number of benzene rings is 1. The van der Waals surface area contributed by atoms with Crippen LogP contribution in [0.1, 0.15) is 19.4 Å². The lowest BCUT2D eigenvalue weighted by Crippen LogP contribution is -2.67. The SMILES string of the molecule is Cc1ccc(N2C(CN)C(=O)NCC2(C)C)cc1Br. The molecule has 1 atom stereocenters. The summed E-state index contributed by atoms with van der Waals surface area (Å²) in [5.41, 5.74) is 7.83. The first kappa shape index (κ1) is 14.3. The van der Waals surface area contributed by atoms with E-state index >= 15 is 0 Å². The molecule has 1 saturated heterocycles. The molecule has 1 aliphatic heterocycles. The van der Waals surface area contributed by atoms with Crippen molar-refractivity contribution in [2.75, 3.05) is 18.0 Å². The van der Waals surface area contributed by atoms with Crippen LogP contribution in [0.3, 0.4) is 0 Å². The standard InChI is InChI=1S/C14H20BrN3O/c1-9-4-5-10(6-11(9)15)18-12(7-16)13(19)17-8-14(18,2)3/h4-6,12H,7-8,16H2,1-3H3,(H,17,19). The van der Waals surface area contributed by atoms with Gasteiger partial charge in [0.05, 0.1) is 5.54 Å². The molecule has 0 spiro atoms. The van der Waals surface area contributed by atoms with Crippen LogP contribution < -0.4 is 16.0 Å². The van der Waals surface area contributed by atoms with Crippen molar-refractivity contribution in [3.63, 3.8) is 0 Å². The maximum atomic E-state index is 12.0. The fraction of sp³-hybridized carbons (Fsp3) is 0.500. The molecule has 1 amide bonds. The zero-order valence-corrected chi connectivity index (χ0v) is 13.1. The van der Waals surface area contributed by atoms with Gasteiger partial charge in [-0.1, -0.05) is 22.0 Å². The molecule has 0 bridgehead atoms. The van der Waals surface area contributed by atoms with E-state index in [0.717, 1.165) is 10.2 Å². The summed E-state index contributed by atoms with van der Waals surface area (Å²) >= 11 is 3.55. The second-order valence-electron chi connectivity index (χ2n) is 5.59. The number of nitrogens with zero attached hydrogens (tertiary/aromatic N) is 1. The number of carbonyl (C=O) groups is 1. The highest BCUT2D eigenvalue weighted by Crippen LogP contribution is 2.31. The van der Waals surface area contributed by atoms with Crippen LogP contribution in [-0.2, 0) is 4.79 Å². The first-order chi connectivity index (χ1) is 8.86. The number of hydrogen-bond acceptors (Lipinski definition) is 3. The normalized spacial score (nSPS) is 22.3. The Bertz CT molecular complexity index is 501. The highest BCUT2D eigenvalue weighted by atomic mass is 79.9. The van der Waals surface area contributed by atoms with Crippen molar-refractivity contribution in [1.82, 2.24) is 5.32 Å². The van der Waals surface area contributed by atoms with Gasteiger partial charge in [0.15, 0.2) is 0 Å². The Balaban J connectivity index is 2.47. The number of nitrogens with one attached hydrogen (secondary N) is 1. The van der Waals surface area contributed by atoms with Gasteiger partial charge < -0.3 is 16.0 Å². The molecule has 5 heteroatoms. The summed E-state index contributed by atoms with van der Waals surface area (Å²) < 4.78 is 1.04. The van der Waals surface area contributed by atoms with Crippen LogP contribution in [0.15, 0.2) is 22.7 Å². The summed E-state index contributed by atoms with van der Waals surface area (Å²) in [6, 6.07) is 5.83. The van der Waals surface area contributed by atoms with E-state index in [2.05, 4.69) is 52.1 Å². The number of nitrogens with two attached hydrogens (primary N) is 1. The second-order valence-corrected chi connectivity index (χ2v) is 6.44. The minimum absolute atomic E-state index is 0.00137. The van der Waals surface area contributed by atoms with Gasteiger partial charge in [0.2, 0.25) is 5.91 Å². The monoisotopic (exact) mass is 325 g/mol. The quantitative estimate of drug-likeness (QED) is 0.871.